The van der Waals surface area contributed by atoms with E-state index in [0.29, 0.717) is 12.0 Å². The summed E-state index contributed by atoms with van der Waals surface area (Å²) < 4.78 is 5.30. The van der Waals surface area contributed by atoms with E-state index < -0.39 is 11.5 Å². The number of nitriles is 2. The van der Waals surface area contributed by atoms with Gasteiger partial charge in [-0.05, 0) is 17.5 Å². The second kappa shape index (κ2) is 4.21. The molecule has 2 aliphatic carbocycles. The molecule has 0 aromatic heterocycles. The lowest BCUT2D eigenvalue weighted by atomic mass is 9.52. The van der Waals surface area contributed by atoms with Crippen LogP contribution >= 0.6 is 0 Å². The number of esters is 1. The van der Waals surface area contributed by atoms with E-state index in [1.807, 2.05) is 30.3 Å². The highest BCUT2D eigenvalue weighted by Crippen LogP contribution is 2.55. The first-order chi connectivity index (χ1) is 9.63. The third-order valence-electron chi connectivity index (χ3n) is 4.21. The number of carbonyl (C=O) groups excluding carboxylic acids is 1. The minimum Gasteiger partial charge on any atom is -0.460 e. The second-order valence-electron chi connectivity index (χ2n) is 5.16. The van der Waals surface area contributed by atoms with Gasteiger partial charge in [0.05, 0.1) is 17.7 Å². The number of hydrogen-bond donors (Lipinski definition) is 0. The zero-order valence-corrected chi connectivity index (χ0v) is 11.0. The van der Waals surface area contributed by atoms with Crippen LogP contribution in [0.25, 0.3) is 5.57 Å². The molecule has 0 N–H and O–H groups in total. The van der Waals surface area contributed by atoms with Gasteiger partial charge in [-0.25, -0.2) is 0 Å². The second-order valence-corrected chi connectivity index (χ2v) is 5.16. The van der Waals surface area contributed by atoms with Gasteiger partial charge in [0.15, 0.2) is 0 Å². The largest absolute Gasteiger partial charge is 0.460 e. The lowest BCUT2D eigenvalue weighted by molar-refractivity contribution is -0.158. The molecule has 0 amide bonds. The fourth-order valence-electron chi connectivity index (χ4n) is 3.28. The predicted octanol–water partition coefficient (Wildman–Crippen LogP) is 2.32. The van der Waals surface area contributed by atoms with E-state index in [1.54, 1.807) is 0 Å². The zero-order valence-electron chi connectivity index (χ0n) is 11.0. The van der Waals surface area contributed by atoms with Gasteiger partial charge in [0, 0.05) is 12.8 Å². The van der Waals surface area contributed by atoms with Crippen molar-refractivity contribution in [2.45, 2.75) is 24.9 Å². The maximum atomic E-state index is 11.2. The molecule has 4 nitrogen and oxygen atoms in total. The molecule has 0 aliphatic heterocycles. The molecule has 3 atom stereocenters. The molecule has 0 unspecified atom stereocenters. The van der Waals surface area contributed by atoms with Crippen LogP contribution in [-0.2, 0) is 14.9 Å². The highest BCUT2D eigenvalue weighted by atomic mass is 16.5. The van der Waals surface area contributed by atoms with Gasteiger partial charge >= 0.3 is 5.97 Å². The van der Waals surface area contributed by atoms with Gasteiger partial charge in [-0.1, -0.05) is 30.3 Å². The Morgan fingerprint density at radius 2 is 2.15 bits per heavy atom. The number of rotatable bonds is 1. The van der Waals surface area contributed by atoms with Gasteiger partial charge in [0.1, 0.15) is 11.5 Å². The van der Waals surface area contributed by atoms with E-state index in [2.05, 4.69) is 12.1 Å². The monoisotopic (exact) mass is 264 g/mol. The van der Waals surface area contributed by atoms with Crippen LogP contribution in [0.3, 0.4) is 0 Å². The average molecular weight is 264 g/mol. The SMILES string of the molecule is CC(=O)O[C@@H]1C[C@H]2C=C(C#N)c3ccccc3[C@]21C#N. The van der Waals surface area contributed by atoms with E-state index >= 15 is 0 Å². The van der Waals surface area contributed by atoms with Crippen LogP contribution in [0, 0.1) is 28.6 Å². The molecule has 0 radical (unpaired) electrons. The first-order valence-electron chi connectivity index (χ1n) is 6.43. The van der Waals surface area contributed by atoms with Crippen LogP contribution < -0.4 is 0 Å². The van der Waals surface area contributed by atoms with Crippen LogP contribution in [0.15, 0.2) is 30.3 Å². The molecule has 2 aliphatic rings. The van der Waals surface area contributed by atoms with Crippen LogP contribution in [0.2, 0.25) is 0 Å². The van der Waals surface area contributed by atoms with Crippen molar-refractivity contribution in [2.24, 2.45) is 5.92 Å². The summed E-state index contributed by atoms with van der Waals surface area (Å²) in [6.45, 7) is 1.35. The van der Waals surface area contributed by atoms with E-state index in [-0.39, 0.29) is 11.9 Å². The zero-order chi connectivity index (χ0) is 14.3. The minimum atomic E-state index is -0.845. The van der Waals surface area contributed by atoms with Crippen molar-refractivity contribution in [3.8, 4) is 12.1 Å². The highest BCUT2D eigenvalue weighted by Gasteiger charge is 2.60. The first-order valence-corrected chi connectivity index (χ1v) is 6.43. The summed E-state index contributed by atoms with van der Waals surface area (Å²) in [5.41, 5.74) is 1.31. The lowest BCUT2D eigenvalue weighted by Crippen LogP contribution is -2.58. The Labute approximate surface area is 116 Å². The maximum Gasteiger partial charge on any atom is 0.302 e. The molecule has 0 heterocycles. The Balaban J connectivity index is 2.16. The summed E-state index contributed by atoms with van der Waals surface area (Å²) in [5, 5.41) is 19.0. The highest BCUT2D eigenvalue weighted by molar-refractivity contribution is 5.83. The molecule has 3 rings (SSSR count). The Morgan fingerprint density at radius 3 is 2.80 bits per heavy atom. The number of ether oxygens (including phenoxy) is 1. The van der Waals surface area contributed by atoms with Gasteiger partial charge in [0.2, 0.25) is 0 Å². The molecule has 1 saturated carbocycles. The van der Waals surface area contributed by atoms with Gasteiger partial charge in [-0.15, -0.1) is 0 Å². The molecule has 0 saturated heterocycles. The van der Waals surface area contributed by atoms with Crippen molar-refractivity contribution < 1.29 is 9.53 Å². The number of allylic oxidation sites excluding steroid dienone is 2. The molecule has 98 valence electrons. The van der Waals surface area contributed by atoms with Gasteiger partial charge < -0.3 is 4.74 Å². The van der Waals surface area contributed by atoms with Crippen molar-refractivity contribution in [3.05, 3.63) is 41.5 Å². The minimum absolute atomic E-state index is 0.0681. The van der Waals surface area contributed by atoms with Crippen molar-refractivity contribution in [1.82, 2.24) is 0 Å². The summed E-state index contributed by atoms with van der Waals surface area (Å²) in [5.74, 6) is -0.447. The van der Waals surface area contributed by atoms with Crippen molar-refractivity contribution in [1.29, 1.82) is 10.5 Å². The molecule has 0 bridgehead atoms. The maximum absolute atomic E-state index is 11.2. The Kier molecular flexibility index (Phi) is 2.62. The Morgan fingerprint density at radius 1 is 1.40 bits per heavy atom. The number of nitrogens with zero attached hydrogens (tertiary/aromatic N) is 2. The summed E-state index contributed by atoms with van der Waals surface area (Å²) in [6.07, 6.45) is 1.99. The Hall–Kier alpha value is -2.59. The summed E-state index contributed by atoms with van der Waals surface area (Å²) >= 11 is 0. The lowest BCUT2D eigenvalue weighted by Gasteiger charge is -2.52. The normalized spacial score (nSPS) is 29.6. The number of carbonyl (C=O) groups is 1. The van der Waals surface area contributed by atoms with Gasteiger partial charge in [-0.3, -0.25) is 4.79 Å². The summed E-state index contributed by atoms with van der Waals surface area (Å²) in [7, 11) is 0. The number of hydrogen-bond acceptors (Lipinski definition) is 4. The molecular weight excluding hydrogens is 252 g/mol. The summed E-state index contributed by atoms with van der Waals surface area (Å²) in [6, 6.07) is 11.9. The van der Waals surface area contributed by atoms with E-state index in [0.717, 1.165) is 11.1 Å². The fraction of sp³-hybridized carbons (Fsp3) is 0.312. The first kappa shape index (κ1) is 12.4. The van der Waals surface area contributed by atoms with Crippen molar-refractivity contribution in [3.63, 3.8) is 0 Å². The number of benzene rings is 1. The standard InChI is InChI=1S/C16H12N2O2/c1-10(19)20-15-7-12-6-11(8-17)13-4-2-3-5-14(13)16(12,15)9-18/h2-6,12,15H,7H2,1H3/t12-,15-,16+/m1/s1. The smallest absolute Gasteiger partial charge is 0.302 e. The molecular formula is C16H12N2O2. The van der Waals surface area contributed by atoms with Crippen molar-refractivity contribution >= 4 is 11.5 Å². The third-order valence-corrected chi connectivity index (χ3v) is 4.21. The van der Waals surface area contributed by atoms with Crippen LogP contribution in [-0.4, -0.2) is 12.1 Å². The van der Waals surface area contributed by atoms with E-state index in [9.17, 15) is 15.3 Å². The van der Waals surface area contributed by atoms with Gasteiger partial charge in [0.25, 0.3) is 0 Å². The molecule has 20 heavy (non-hydrogen) atoms. The predicted molar refractivity (Wildman–Crippen MR) is 71.0 cm³/mol. The molecule has 4 heteroatoms. The fourth-order valence-corrected chi connectivity index (χ4v) is 3.28. The topological polar surface area (TPSA) is 73.9 Å². The van der Waals surface area contributed by atoms with Crippen LogP contribution in [0.4, 0.5) is 0 Å². The molecule has 1 aromatic rings. The quantitative estimate of drug-likeness (QED) is 0.729. The van der Waals surface area contributed by atoms with Gasteiger partial charge in [-0.2, -0.15) is 10.5 Å². The average Bonchev–Trinajstić information content (AvgIpc) is 2.43. The molecule has 1 fully saturated rings. The summed E-state index contributed by atoms with van der Waals surface area (Å²) in [4.78, 5) is 11.2. The van der Waals surface area contributed by atoms with E-state index in [1.165, 1.54) is 6.92 Å². The van der Waals surface area contributed by atoms with Crippen molar-refractivity contribution in [2.75, 3.05) is 0 Å². The Bertz CT molecular complexity index is 708. The molecule has 0 spiro atoms. The molecule has 1 aromatic carbocycles. The number of fused-ring (bicyclic) bond motifs is 3. The third kappa shape index (κ3) is 1.42. The van der Waals surface area contributed by atoms with Crippen LogP contribution in [0.5, 0.6) is 0 Å². The van der Waals surface area contributed by atoms with E-state index in [4.69, 9.17) is 4.74 Å². The van der Waals surface area contributed by atoms with Crippen LogP contribution in [0.1, 0.15) is 24.5 Å².